The predicted molar refractivity (Wildman–Crippen MR) is 146 cm³/mol. The van der Waals surface area contributed by atoms with Crippen molar-refractivity contribution in [2.75, 3.05) is 18.6 Å². The summed E-state index contributed by atoms with van der Waals surface area (Å²) in [5.74, 6) is 0.212. The van der Waals surface area contributed by atoms with Crippen LogP contribution in [0, 0.1) is 5.92 Å². The van der Waals surface area contributed by atoms with Crippen molar-refractivity contribution < 1.29 is 9.53 Å². The van der Waals surface area contributed by atoms with E-state index >= 15 is 0 Å². The molecular formula is C31H35N3O2. The van der Waals surface area contributed by atoms with Gasteiger partial charge in [0.2, 0.25) is 5.91 Å². The molecule has 36 heavy (non-hydrogen) atoms. The van der Waals surface area contributed by atoms with Crippen LogP contribution in [0.25, 0.3) is 10.9 Å². The normalized spacial score (nSPS) is 18.1. The average molecular weight is 482 g/mol. The Kier molecular flexibility index (Phi) is 7.10. The maximum Gasteiger partial charge on any atom is 0.243 e. The Bertz CT molecular complexity index is 1310. The summed E-state index contributed by atoms with van der Waals surface area (Å²) in [4.78, 5) is 15.7. The van der Waals surface area contributed by atoms with Crippen molar-refractivity contribution >= 4 is 22.5 Å². The maximum absolute atomic E-state index is 13.5. The van der Waals surface area contributed by atoms with E-state index in [-0.39, 0.29) is 23.9 Å². The molecule has 5 rings (SSSR count). The zero-order valence-corrected chi connectivity index (χ0v) is 21.4. The Morgan fingerprint density at radius 3 is 2.33 bits per heavy atom. The molecule has 186 valence electrons. The van der Waals surface area contributed by atoms with E-state index in [2.05, 4.69) is 95.5 Å². The summed E-state index contributed by atoms with van der Waals surface area (Å²) in [5, 5.41) is 4.56. The van der Waals surface area contributed by atoms with E-state index in [1.54, 1.807) is 0 Å². The minimum Gasteiger partial charge on any atom is -0.375 e. The standard InChI is InChI=1S/C31H35N3O2/c1-22(2)30-31(35)32-26(21-36-20-24-13-8-5-9-14-24)17-25-19-34(18-23-11-6-4-7-12-23)28-16-10-15-27(29(25)28)33(30)3/h4-16,19,22,26,30H,17-18,20-21H2,1-3H3,(H,32,35)/t26-,30-/m0/s1. The molecule has 0 spiro atoms. The molecule has 2 heterocycles. The molecule has 1 aliphatic rings. The molecule has 0 fully saturated rings. The number of likely N-dealkylation sites (N-methyl/N-ethyl adjacent to an activating group) is 1. The molecule has 0 aliphatic carbocycles. The van der Waals surface area contributed by atoms with Crippen molar-refractivity contribution in [1.29, 1.82) is 0 Å². The van der Waals surface area contributed by atoms with Crippen LogP contribution < -0.4 is 10.2 Å². The van der Waals surface area contributed by atoms with Gasteiger partial charge in [0.15, 0.2) is 0 Å². The Labute approximate surface area is 213 Å². The second-order valence-electron chi connectivity index (χ2n) is 10.1. The van der Waals surface area contributed by atoms with E-state index in [4.69, 9.17) is 4.74 Å². The number of rotatable bonds is 7. The van der Waals surface area contributed by atoms with Crippen LogP contribution in [-0.2, 0) is 29.1 Å². The van der Waals surface area contributed by atoms with Gasteiger partial charge in [-0.2, -0.15) is 0 Å². The molecule has 1 aromatic heterocycles. The number of carbonyl (C=O) groups is 1. The second kappa shape index (κ2) is 10.6. The van der Waals surface area contributed by atoms with E-state index < -0.39 is 0 Å². The predicted octanol–water partition coefficient (Wildman–Crippen LogP) is 5.41. The molecule has 5 nitrogen and oxygen atoms in total. The minimum absolute atomic E-state index is 0.0557. The van der Waals surface area contributed by atoms with Gasteiger partial charge in [-0.05, 0) is 41.2 Å². The first-order valence-corrected chi connectivity index (χ1v) is 12.8. The zero-order chi connectivity index (χ0) is 25.1. The number of nitrogens with one attached hydrogen (secondary N) is 1. The highest BCUT2D eigenvalue weighted by molar-refractivity contribution is 5.98. The molecule has 1 amide bonds. The molecule has 0 radical (unpaired) electrons. The number of aromatic nitrogens is 1. The van der Waals surface area contributed by atoms with Crippen LogP contribution in [0.2, 0.25) is 0 Å². The van der Waals surface area contributed by atoms with Crippen molar-refractivity contribution in [1.82, 2.24) is 9.88 Å². The molecule has 0 saturated heterocycles. The molecule has 1 N–H and O–H groups in total. The fourth-order valence-corrected chi connectivity index (χ4v) is 5.45. The van der Waals surface area contributed by atoms with Gasteiger partial charge in [0.1, 0.15) is 6.04 Å². The molecule has 2 atom stereocenters. The number of ether oxygens (including phenoxy) is 1. The quantitative estimate of drug-likeness (QED) is 0.384. The van der Waals surface area contributed by atoms with Gasteiger partial charge in [-0.3, -0.25) is 4.79 Å². The van der Waals surface area contributed by atoms with Crippen molar-refractivity contribution in [3.8, 4) is 0 Å². The molecule has 4 aromatic rings. The number of nitrogens with zero attached hydrogens (tertiary/aromatic N) is 2. The maximum atomic E-state index is 13.5. The fourth-order valence-electron chi connectivity index (χ4n) is 5.45. The van der Waals surface area contributed by atoms with Crippen LogP contribution in [0.15, 0.2) is 85.1 Å². The summed E-state index contributed by atoms with van der Waals surface area (Å²) in [5.41, 5.74) is 5.94. The van der Waals surface area contributed by atoms with Gasteiger partial charge in [0, 0.05) is 30.9 Å². The number of hydrogen-bond donors (Lipinski definition) is 1. The van der Waals surface area contributed by atoms with Gasteiger partial charge in [0.25, 0.3) is 0 Å². The molecule has 0 saturated carbocycles. The van der Waals surface area contributed by atoms with Crippen LogP contribution in [-0.4, -0.2) is 36.2 Å². The summed E-state index contributed by atoms with van der Waals surface area (Å²) in [6, 6.07) is 26.8. The van der Waals surface area contributed by atoms with Gasteiger partial charge in [-0.1, -0.05) is 80.6 Å². The van der Waals surface area contributed by atoms with Crippen LogP contribution in [0.3, 0.4) is 0 Å². The van der Waals surface area contributed by atoms with E-state index in [0.29, 0.717) is 19.6 Å². The highest BCUT2D eigenvalue weighted by Crippen LogP contribution is 2.35. The summed E-state index contributed by atoms with van der Waals surface area (Å²) in [6.07, 6.45) is 2.98. The Morgan fingerprint density at radius 1 is 0.944 bits per heavy atom. The number of benzene rings is 3. The largest absolute Gasteiger partial charge is 0.375 e. The van der Waals surface area contributed by atoms with Crippen LogP contribution in [0.1, 0.15) is 30.5 Å². The van der Waals surface area contributed by atoms with Crippen molar-refractivity contribution in [3.63, 3.8) is 0 Å². The van der Waals surface area contributed by atoms with Crippen molar-refractivity contribution in [2.24, 2.45) is 5.92 Å². The van der Waals surface area contributed by atoms with Crippen LogP contribution >= 0.6 is 0 Å². The Hall–Kier alpha value is -3.57. The molecular weight excluding hydrogens is 446 g/mol. The molecule has 0 unspecified atom stereocenters. The highest BCUT2D eigenvalue weighted by atomic mass is 16.5. The Morgan fingerprint density at radius 2 is 1.64 bits per heavy atom. The van der Waals surface area contributed by atoms with Crippen molar-refractivity contribution in [2.45, 2.75) is 45.5 Å². The first-order chi connectivity index (χ1) is 17.5. The SMILES string of the molecule is CC(C)[C@H]1C(=O)N[C@H](COCc2ccccc2)Cc2cn(Cc3ccccc3)c3cccc(c23)N1C. The third kappa shape index (κ3) is 5.02. The third-order valence-electron chi connectivity index (χ3n) is 7.10. The number of amides is 1. The molecule has 1 aliphatic heterocycles. The van der Waals surface area contributed by atoms with E-state index in [1.807, 2.05) is 25.2 Å². The Balaban J connectivity index is 1.52. The van der Waals surface area contributed by atoms with Crippen LogP contribution in [0.4, 0.5) is 5.69 Å². The number of anilines is 1. The molecule has 5 heteroatoms. The van der Waals surface area contributed by atoms with Gasteiger partial charge >= 0.3 is 0 Å². The summed E-state index contributed by atoms with van der Waals surface area (Å²) >= 11 is 0. The summed E-state index contributed by atoms with van der Waals surface area (Å²) in [6.45, 7) is 6.02. The lowest BCUT2D eigenvalue weighted by molar-refractivity contribution is -0.124. The first kappa shape index (κ1) is 24.1. The smallest absolute Gasteiger partial charge is 0.243 e. The topological polar surface area (TPSA) is 46.5 Å². The van der Waals surface area contributed by atoms with Gasteiger partial charge < -0.3 is 19.5 Å². The lowest BCUT2D eigenvalue weighted by atomic mass is 10.0. The first-order valence-electron chi connectivity index (χ1n) is 12.8. The molecule has 3 aromatic carbocycles. The van der Waals surface area contributed by atoms with E-state index in [9.17, 15) is 4.79 Å². The van der Waals surface area contributed by atoms with E-state index in [1.165, 1.54) is 22.0 Å². The average Bonchev–Trinajstić information content (AvgIpc) is 3.23. The van der Waals surface area contributed by atoms with Gasteiger partial charge in [0.05, 0.1) is 24.8 Å². The second-order valence-corrected chi connectivity index (χ2v) is 10.1. The van der Waals surface area contributed by atoms with Crippen LogP contribution in [0.5, 0.6) is 0 Å². The highest BCUT2D eigenvalue weighted by Gasteiger charge is 2.32. The molecule has 0 bridgehead atoms. The monoisotopic (exact) mass is 481 g/mol. The van der Waals surface area contributed by atoms with E-state index in [0.717, 1.165) is 17.8 Å². The van der Waals surface area contributed by atoms with Crippen molar-refractivity contribution in [3.05, 3.63) is 102 Å². The number of hydrogen-bond acceptors (Lipinski definition) is 3. The summed E-state index contributed by atoms with van der Waals surface area (Å²) in [7, 11) is 2.05. The summed E-state index contributed by atoms with van der Waals surface area (Å²) < 4.78 is 8.46. The lowest BCUT2D eigenvalue weighted by Crippen LogP contribution is -2.52. The third-order valence-corrected chi connectivity index (χ3v) is 7.10. The number of carbonyl (C=O) groups excluding carboxylic acids is 1. The van der Waals surface area contributed by atoms with Gasteiger partial charge in [-0.25, -0.2) is 0 Å². The zero-order valence-electron chi connectivity index (χ0n) is 21.4. The van der Waals surface area contributed by atoms with Gasteiger partial charge in [-0.15, -0.1) is 0 Å². The fraction of sp³-hybridized carbons (Fsp3) is 0.323. The minimum atomic E-state index is -0.268. The lowest BCUT2D eigenvalue weighted by Gasteiger charge is -2.32.